The lowest BCUT2D eigenvalue weighted by Crippen LogP contribution is -2.56. The van der Waals surface area contributed by atoms with Crippen LogP contribution in [0.3, 0.4) is 0 Å². The lowest BCUT2D eigenvalue weighted by molar-refractivity contribution is -0.142. The molecule has 0 aromatic heterocycles. The van der Waals surface area contributed by atoms with Gasteiger partial charge in [-0.3, -0.25) is 9.59 Å². The molecule has 0 aliphatic heterocycles. The van der Waals surface area contributed by atoms with Gasteiger partial charge in [0.1, 0.15) is 12.1 Å². The van der Waals surface area contributed by atoms with Gasteiger partial charge in [0.25, 0.3) is 0 Å². The summed E-state index contributed by atoms with van der Waals surface area (Å²) in [5.74, 6) is -2.26. The minimum atomic E-state index is -1.14. The van der Waals surface area contributed by atoms with E-state index in [0.29, 0.717) is 0 Å². The Bertz CT molecular complexity index is 840. The average Bonchev–Trinajstić information content (AvgIpc) is 2.73. The summed E-state index contributed by atoms with van der Waals surface area (Å²) >= 11 is 0. The zero-order valence-corrected chi connectivity index (χ0v) is 17.2. The second kappa shape index (κ2) is 11.1. The molecule has 0 radical (unpaired) electrons. The summed E-state index contributed by atoms with van der Waals surface area (Å²) in [7, 11) is 0. The molecule has 0 aliphatic carbocycles. The number of carbonyl (C=O) groups excluding carboxylic acids is 2. The predicted molar refractivity (Wildman–Crippen MR) is 115 cm³/mol. The number of carboxylic acid groups (broad SMARTS) is 1. The van der Waals surface area contributed by atoms with Gasteiger partial charge in [0.2, 0.25) is 11.8 Å². The van der Waals surface area contributed by atoms with Crippen molar-refractivity contribution in [2.45, 2.75) is 44.8 Å². The van der Waals surface area contributed by atoms with Crippen LogP contribution >= 0.6 is 0 Å². The van der Waals surface area contributed by atoms with Gasteiger partial charge in [-0.1, -0.05) is 74.5 Å². The van der Waals surface area contributed by atoms with Crippen LogP contribution in [0.15, 0.2) is 60.7 Å². The highest BCUT2D eigenvalue weighted by molar-refractivity contribution is 5.92. The van der Waals surface area contributed by atoms with Crippen LogP contribution in [-0.2, 0) is 27.2 Å². The molecule has 0 saturated heterocycles. The predicted octanol–water partition coefficient (Wildman–Crippen LogP) is 1.51. The molecule has 0 saturated carbocycles. The molecule has 7 nitrogen and oxygen atoms in total. The Morgan fingerprint density at radius 2 is 1.23 bits per heavy atom. The van der Waals surface area contributed by atoms with Crippen LogP contribution in [0.1, 0.15) is 25.0 Å². The van der Waals surface area contributed by atoms with E-state index in [1.54, 1.807) is 12.1 Å². The number of carbonyl (C=O) groups is 3. The molecular weight excluding hydrogens is 382 g/mol. The zero-order chi connectivity index (χ0) is 22.1. The average molecular weight is 412 g/mol. The van der Waals surface area contributed by atoms with Crippen LogP contribution in [0.4, 0.5) is 0 Å². The minimum absolute atomic E-state index is 0.102. The van der Waals surface area contributed by atoms with Gasteiger partial charge < -0.3 is 21.5 Å². The third-order valence-corrected chi connectivity index (χ3v) is 4.83. The van der Waals surface area contributed by atoms with Crippen LogP contribution in [-0.4, -0.2) is 41.0 Å². The Kier molecular flexibility index (Phi) is 8.55. The number of amides is 2. The standard InChI is InChI=1S/C23H29N3O4/c1-15(2)20(24)22(28)25-18(13-16-9-5-3-6-10-16)21(27)26-19(23(29)30)14-17-11-7-4-8-12-17/h3-12,15,18-20H,13-14,24H2,1-2H3,(H,25,28)(H,26,27)(H,29,30)/t18-,19-,20+/m0/s1. The lowest BCUT2D eigenvalue weighted by Gasteiger charge is -2.24. The van der Waals surface area contributed by atoms with Crippen molar-refractivity contribution in [2.75, 3.05) is 0 Å². The third-order valence-electron chi connectivity index (χ3n) is 4.83. The Labute approximate surface area is 176 Å². The van der Waals surface area contributed by atoms with Crippen molar-refractivity contribution in [1.29, 1.82) is 0 Å². The first kappa shape index (κ1) is 23.1. The highest BCUT2D eigenvalue weighted by Crippen LogP contribution is 2.08. The smallest absolute Gasteiger partial charge is 0.326 e. The summed E-state index contributed by atoms with van der Waals surface area (Å²) in [6.45, 7) is 3.63. The molecule has 0 heterocycles. The second-order valence-electron chi connectivity index (χ2n) is 7.61. The fourth-order valence-corrected chi connectivity index (χ4v) is 2.95. The molecule has 3 atom stereocenters. The fraction of sp³-hybridized carbons (Fsp3) is 0.348. The van der Waals surface area contributed by atoms with Crippen molar-refractivity contribution < 1.29 is 19.5 Å². The van der Waals surface area contributed by atoms with Gasteiger partial charge in [0.05, 0.1) is 6.04 Å². The molecule has 2 amide bonds. The fourth-order valence-electron chi connectivity index (χ4n) is 2.95. The molecule has 5 N–H and O–H groups in total. The van der Waals surface area contributed by atoms with Gasteiger partial charge in [-0.05, 0) is 17.0 Å². The van der Waals surface area contributed by atoms with E-state index in [1.165, 1.54) is 0 Å². The van der Waals surface area contributed by atoms with Gasteiger partial charge >= 0.3 is 5.97 Å². The number of nitrogens with two attached hydrogens (primary N) is 1. The van der Waals surface area contributed by atoms with E-state index in [2.05, 4.69) is 10.6 Å². The second-order valence-corrected chi connectivity index (χ2v) is 7.61. The largest absolute Gasteiger partial charge is 0.480 e. The maximum atomic E-state index is 13.0. The summed E-state index contributed by atoms with van der Waals surface area (Å²) in [6, 6.07) is 15.4. The van der Waals surface area contributed by atoms with Crippen LogP contribution < -0.4 is 16.4 Å². The molecule has 7 heteroatoms. The van der Waals surface area contributed by atoms with Gasteiger partial charge in [-0.25, -0.2) is 4.79 Å². The van der Waals surface area contributed by atoms with Crippen molar-refractivity contribution in [3.8, 4) is 0 Å². The van der Waals surface area contributed by atoms with E-state index in [4.69, 9.17) is 5.73 Å². The van der Waals surface area contributed by atoms with Crippen molar-refractivity contribution >= 4 is 17.8 Å². The number of aliphatic carboxylic acids is 1. The minimum Gasteiger partial charge on any atom is -0.480 e. The van der Waals surface area contributed by atoms with Crippen LogP contribution in [0.5, 0.6) is 0 Å². The maximum Gasteiger partial charge on any atom is 0.326 e. The third kappa shape index (κ3) is 7.00. The molecule has 0 bridgehead atoms. The first-order valence-electron chi connectivity index (χ1n) is 9.95. The van der Waals surface area contributed by atoms with E-state index in [9.17, 15) is 19.5 Å². The van der Waals surface area contributed by atoms with Crippen molar-refractivity contribution in [3.05, 3.63) is 71.8 Å². The topological polar surface area (TPSA) is 122 Å². The van der Waals surface area contributed by atoms with Crippen molar-refractivity contribution in [1.82, 2.24) is 10.6 Å². The lowest BCUT2D eigenvalue weighted by atomic mass is 10.0. The first-order valence-corrected chi connectivity index (χ1v) is 9.95. The molecule has 2 aromatic carbocycles. The molecule has 160 valence electrons. The van der Waals surface area contributed by atoms with Gasteiger partial charge in [0.15, 0.2) is 0 Å². The highest BCUT2D eigenvalue weighted by Gasteiger charge is 2.29. The van der Waals surface area contributed by atoms with E-state index >= 15 is 0 Å². The quantitative estimate of drug-likeness (QED) is 0.472. The summed E-state index contributed by atoms with van der Waals surface area (Å²) in [5.41, 5.74) is 7.54. The van der Waals surface area contributed by atoms with Crippen LogP contribution in [0, 0.1) is 5.92 Å². The summed E-state index contributed by atoms with van der Waals surface area (Å²) in [4.78, 5) is 37.1. The summed E-state index contributed by atoms with van der Waals surface area (Å²) in [5, 5.41) is 14.8. The first-order chi connectivity index (χ1) is 14.3. The Morgan fingerprint density at radius 1 is 0.800 bits per heavy atom. The number of hydrogen-bond acceptors (Lipinski definition) is 4. The van der Waals surface area contributed by atoms with E-state index in [1.807, 2.05) is 62.4 Å². The molecule has 30 heavy (non-hydrogen) atoms. The van der Waals surface area contributed by atoms with Crippen LogP contribution in [0.2, 0.25) is 0 Å². The summed E-state index contributed by atoms with van der Waals surface area (Å²) in [6.07, 6.45) is 0.361. The number of benzene rings is 2. The molecule has 0 unspecified atom stereocenters. The molecule has 0 spiro atoms. The maximum absolute atomic E-state index is 13.0. The SMILES string of the molecule is CC(C)[C@@H](N)C(=O)N[C@@H](Cc1ccccc1)C(=O)N[C@@H](Cc1ccccc1)C(=O)O. The van der Waals surface area contributed by atoms with E-state index in [-0.39, 0.29) is 18.8 Å². The number of rotatable bonds is 10. The highest BCUT2D eigenvalue weighted by atomic mass is 16.4. The molecule has 0 aliphatic rings. The van der Waals surface area contributed by atoms with Crippen molar-refractivity contribution in [2.24, 2.45) is 11.7 Å². The molecule has 2 aromatic rings. The number of nitrogens with one attached hydrogen (secondary N) is 2. The Morgan fingerprint density at radius 3 is 1.67 bits per heavy atom. The van der Waals surface area contributed by atoms with Crippen molar-refractivity contribution in [3.63, 3.8) is 0 Å². The number of hydrogen-bond donors (Lipinski definition) is 4. The Hall–Kier alpha value is -3.19. The van der Waals surface area contributed by atoms with Gasteiger partial charge in [0, 0.05) is 12.8 Å². The van der Waals surface area contributed by atoms with E-state index in [0.717, 1.165) is 11.1 Å². The van der Waals surface area contributed by atoms with Gasteiger partial charge in [-0.2, -0.15) is 0 Å². The molecule has 0 fully saturated rings. The monoisotopic (exact) mass is 411 g/mol. The van der Waals surface area contributed by atoms with Crippen LogP contribution in [0.25, 0.3) is 0 Å². The Balaban J connectivity index is 2.16. The zero-order valence-electron chi connectivity index (χ0n) is 17.2. The van der Waals surface area contributed by atoms with E-state index < -0.39 is 35.9 Å². The normalized spacial score (nSPS) is 13.9. The molecular formula is C23H29N3O4. The summed E-state index contributed by atoms with van der Waals surface area (Å²) < 4.78 is 0. The van der Waals surface area contributed by atoms with Gasteiger partial charge in [-0.15, -0.1) is 0 Å². The number of carboxylic acids is 1. The molecule has 2 rings (SSSR count).